The summed E-state index contributed by atoms with van der Waals surface area (Å²) < 4.78 is 61.1. The first kappa shape index (κ1) is 122. The van der Waals surface area contributed by atoms with Crippen molar-refractivity contribution in [2.45, 2.75) is 0 Å². The molecule has 0 aromatic carbocycles. The molecule has 0 amide bonds. The van der Waals surface area contributed by atoms with Crippen molar-refractivity contribution in [1.29, 1.82) is 0 Å². The maximum absolute atomic E-state index is 10.2. The first-order valence-corrected chi connectivity index (χ1v) is 10.2. The normalized spacial score (nSPS) is 6.00. The van der Waals surface area contributed by atoms with Crippen LogP contribution < -0.4 is 0 Å². The smallest absolute Gasteiger partial charge is 0.325 e. The molecule has 0 aromatic rings. The molecular weight excluding hydrogens is 864 g/mol. The van der Waals surface area contributed by atoms with E-state index >= 15 is 0 Å². The molecule has 0 fully saturated rings. The molecular formula is H48F6O12P18. The molecule has 0 saturated heterocycles. The van der Waals surface area contributed by atoms with Crippen molar-refractivity contribution in [3.05, 3.63) is 0 Å². The van der Waals surface area contributed by atoms with Crippen LogP contribution in [0.5, 0.6) is 0 Å². The summed E-state index contributed by atoms with van der Waals surface area (Å²) in [4.78, 5) is 84.1. The highest BCUT2D eigenvalue weighted by Gasteiger charge is 1.83. The van der Waals surface area contributed by atoms with Crippen LogP contribution in [0.3, 0.4) is 0 Å². The predicted molar refractivity (Wildman–Crippen MR) is 208 cm³/mol. The summed E-state index contributed by atoms with van der Waals surface area (Å²) in [5.74, 6) is 0. The summed E-state index contributed by atoms with van der Waals surface area (Å²) in [6.07, 6.45) is 0. The average Bonchev–Trinajstić information content (AvgIpc) is 2.08. The summed E-state index contributed by atoms with van der Waals surface area (Å²) >= 11 is 0. The van der Waals surface area contributed by atoms with E-state index in [-0.39, 0.29) is 119 Å². The highest BCUT2D eigenvalue weighted by molar-refractivity contribution is 7.39. The Morgan fingerprint density at radius 1 is 0.194 bits per heavy atom. The second-order valence-electron chi connectivity index (χ2n) is 1.44. The van der Waals surface area contributed by atoms with E-state index in [1.54, 1.807) is 0 Å². The summed E-state index contributed by atoms with van der Waals surface area (Å²) in [5.41, 5.74) is 0. The molecule has 0 saturated carbocycles. The van der Waals surface area contributed by atoms with Crippen LogP contribution in [0.1, 0.15) is 0 Å². The SMILES string of the molecule is OP(O)F.OP(O)F.OP(O)F.OP(O)F.OP(O)F.OP(O)F.P.P.P.P.P.P.P.P.P.P.P.P. The van der Waals surface area contributed by atoms with E-state index in [2.05, 4.69) is 0 Å². The zero-order valence-electron chi connectivity index (χ0n) is 18.8. The van der Waals surface area contributed by atoms with Gasteiger partial charge in [0.1, 0.15) is 0 Å². The van der Waals surface area contributed by atoms with Crippen LogP contribution >= 0.6 is 171 Å². The van der Waals surface area contributed by atoms with Crippen molar-refractivity contribution in [2.24, 2.45) is 0 Å². The minimum Gasteiger partial charge on any atom is -0.325 e. The van der Waals surface area contributed by atoms with Crippen LogP contribution in [0, 0.1) is 0 Å². The minimum atomic E-state index is -3.12. The molecule has 0 aliphatic rings. The van der Waals surface area contributed by atoms with E-state index in [4.69, 9.17) is 58.7 Å². The fourth-order valence-electron chi connectivity index (χ4n) is 0. The van der Waals surface area contributed by atoms with E-state index in [9.17, 15) is 25.2 Å². The van der Waals surface area contributed by atoms with Crippen molar-refractivity contribution >= 4 is 171 Å². The van der Waals surface area contributed by atoms with Gasteiger partial charge in [0.05, 0.1) is 0 Å². The highest BCUT2D eigenvalue weighted by atomic mass is 31.2. The summed E-state index contributed by atoms with van der Waals surface area (Å²) in [6, 6.07) is 0. The van der Waals surface area contributed by atoms with Gasteiger partial charge in [-0.1, -0.05) is 0 Å². The number of hydrogen-bond donors (Lipinski definition) is 12. The second kappa shape index (κ2) is 113. The lowest BCUT2D eigenvalue weighted by Crippen LogP contribution is -1.43. The lowest BCUT2D eigenvalue weighted by molar-refractivity contribution is 0.426. The molecule has 12 N–H and O–H groups in total. The Hall–Kier alpha value is 6.84. The van der Waals surface area contributed by atoms with Crippen molar-refractivity contribution < 1.29 is 83.9 Å². The van der Waals surface area contributed by atoms with Gasteiger partial charge in [0.15, 0.2) is 0 Å². The topological polar surface area (TPSA) is 243 Å². The minimum absolute atomic E-state index is 0. The van der Waals surface area contributed by atoms with Crippen LogP contribution in [-0.4, -0.2) is 58.7 Å². The highest BCUT2D eigenvalue weighted by Crippen LogP contribution is 2.23. The fraction of sp³-hybridized carbons (Fsp3) is 0. The Labute approximate surface area is 254 Å². The molecule has 12 unspecified atom stereocenters. The summed E-state index contributed by atoms with van der Waals surface area (Å²) in [5, 5.41) is 0. The third-order valence-electron chi connectivity index (χ3n) is 0. The molecule has 0 radical (unpaired) electrons. The van der Waals surface area contributed by atoms with Crippen LogP contribution in [0.2, 0.25) is 0 Å². The number of hydrogen-bond acceptors (Lipinski definition) is 12. The lowest BCUT2D eigenvalue weighted by atomic mass is 15.9. The maximum Gasteiger partial charge on any atom is 0.369 e. The van der Waals surface area contributed by atoms with Gasteiger partial charge in [0, 0.05) is 0 Å². The fourth-order valence-corrected chi connectivity index (χ4v) is 0. The molecule has 0 heterocycles. The van der Waals surface area contributed by atoms with Gasteiger partial charge in [-0.2, -0.15) is 144 Å². The third-order valence-corrected chi connectivity index (χ3v) is 0. The van der Waals surface area contributed by atoms with E-state index in [0.717, 1.165) is 0 Å². The Kier molecular flexibility index (Phi) is 382. The zero-order valence-corrected chi connectivity index (χ0v) is 41.1. The van der Waals surface area contributed by atoms with Crippen LogP contribution in [0.15, 0.2) is 0 Å². The van der Waals surface area contributed by atoms with Crippen LogP contribution in [0.4, 0.5) is 25.2 Å². The van der Waals surface area contributed by atoms with Crippen molar-refractivity contribution in [3.63, 3.8) is 0 Å². The zero-order chi connectivity index (χ0) is 21.5. The molecule has 36 heteroatoms. The molecule has 0 aliphatic carbocycles. The molecule has 0 spiro atoms. The van der Waals surface area contributed by atoms with Gasteiger partial charge in [0.2, 0.25) is 0 Å². The van der Waals surface area contributed by atoms with Gasteiger partial charge >= 0.3 is 52.1 Å². The van der Waals surface area contributed by atoms with E-state index in [1.165, 1.54) is 0 Å². The first-order valence-electron chi connectivity index (χ1n) is 3.41. The number of halogens is 6. The molecule has 0 rings (SSSR count). The Balaban J connectivity index is -0.00000000633. The van der Waals surface area contributed by atoms with Crippen molar-refractivity contribution in [3.8, 4) is 0 Å². The standard InChI is InChI=1S/6FH2O2P.12H3P/c6*1-4(2)3;;;;;;;;;;;;/h6*2-3H;12*1H3. The first-order chi connectivity index (χ1) is 10.4. The van der Waals surface area contributed by atoms with Crippen molar-refractivity contribution in [2.75, 3.05) is 0 Å². The van der Waals surface area contributed by atoms with Crippen LogP contribution in [-0.2, 0) is 0 Å². The quantitative estimate of drug-likeness (QED) is 0.123. The molecule has 12 nitrogen and oxygen atoms in total. The molecule has 0 aliphatic heterocycles. The Bertz CT molecular complexity index is 128. The van der Waals surface area contributed by atoms with Gasteiger partial charge < -0.3 is 58.7 Å². The van der Waals surface area contributed by atoms with Crippen LogP contribution in [0.25, 0.3) is 0 Å². The average molecular weight is 912 g/mol. The third kappa shape index (κ3) is 1390. The van der Waals surface area contributed by atoms with E-state index in [1.807, 2.05) is 0 Å². The maximum atomic E-state index is 10.2. The van der Waals surface area contributed by atoms with Gasteiger partial charge in [-0.25, -0.2) is 0 Å². The lowest BCUT2D eigenvalue weighted by Gasteiger charge is -1.71. The molecule has 0 bridgehead atoms. The number of rotatable bonds is 0. The Morgan fingerprint density at radius 3 is 0.194 bits per heavy atom. The van der Waals surface area contributed by atoms with Gasteiger partial charge in [0.25, 0.3) is 0 Å². The van der Waals surface area contributed by atoms with Gasteiger partial charge in [-0.3, -0.25) is 0 Å². The summed E-state index contributed by atoms with van der Waals surface area (Å²) in [7, 11) is -18.7. The molecule has 252 valence electrons. The second-order valence-corrected chi connectivity index (χ2v) is 4.33. The molecule has 12 atom stereocenters. The Morgan fingerprint density at radius 2 is 0.194 bits per heavy atom. The van der Waals surface area contributed by atoms with Gasteiger partial charge in [-0.05, 0) is 0 Å². The molecule has 36 heavy (non-hydrogen) atoms. The monoisotopic (exact) mass is 912 g/mol. The molecule has 0 aromatic heterocycles. The van der Waals surface area contributed by atoms with Gasteiger partial charge in [-0.15, -0.1) is 0 Å². The van der Waals surface area contributed by atoms with E-state index in [0.29, 0.717) is 0 Å². The summed E-state index contributed by atoms with van der Waals surface area (Å²) in [6.45, 7) is 0. The predicted octanol–water partition coefficient (Wildman–Crippen LogP) is 1.70. The largest absolute Gasteiger partial charge is 0.369 e. The van der Waals surface area contributed by atoms with Crippen molar-refractivity contribution in [1.82, 2.24) is 0 Å². The van der Waals surface area contributed by atoms with E-state index < -0.39 is 52.1 Å².